The molecule has 4 fully saturated rings. The molecule has 0 radical (unpaired) electrons. The Bertz CT molecular complexity index is 1160. The molecule has 3 N–H and O–H groups in total. The third-order valence-electron chi connectivity index (χ3n) is 11.2. The van der Waals surface area contributed by atoms with Gasteiger partial charge in [-0.1, -0.05) is 102 Å². The van der Waals surface area contributed by atoms with E-state index in [9.17, 15) is 15.3 Å². The van der Waals surface area contributed by atoms with Gasteiger partial charge in [0.25, 0.3) is 8.32 Å². The Morgan fingerprint density at radius 2 is 1.33 bits per heavy atom. The molecule has 0 aromatic heterocycles. The van der Waals surface area contributed by atoms with Crippen LogP contribution in [0.4, 0.5) is 0 Å². The van der Waals surface area contributed by atoms with Gasteiger partial charge >= 0.3 is 0 Å². The summed E-state index contributed by atoms with van der Waals surface area (Å²) in [4.78, 5) is 0. The summed E-state index contributed by atoms with van der Waals surface area (Å²) in [5, 5.41) is 35.7. The molecule has 2 bridgehead atoms. The molecule has 9 atom stereocenters. The lowest BCUT2D eigenvalue weighted by Crippen LogP contribution is -2.72. The van der Waals surface area contributed by atoms with E-state index in [1.165, 1.54) is 0 Å². The Morgan fingerprint density at radius 1 is 0.795 bits per heavy atom. The number of hydrogen-bond donors (Lipinski definition) is 3. The SMILES string of the molecule is CC1(C)C2CCC1(C)C1(C2)O[C@@H]2[C@H](O1)[C@@H](O)[C@H](O)[C@@H](O)[C@@H]2O[Si](c1ccccc1)(c1ccccc1)C(C)(C)C. The zero-order valence-corrected chi connectivity index (χ0v) is 25.0. The molecule has 2 aromatic carbocycles. The van der Waals surface area contributed by atoms with E-state index in [0.29, 0.717) is 5.92 Å². The standard InChI is InChI=1S/C32H44O6Si/c1-29(2,3)39(21-13-9-7-10-14-21,22-15-11-8-12-16-22)38-27-25(35)23(33)24(34)26-28(27)37-32(36-26)19-20-17-18-31(32,6)30(20,4)5/h7-16,20,23-28,33-35H,17-19H2,1-6H3/t20?,23-,24-,25+,26+,27-,28+,31?,32?/m0/s1. The molecule has 4 aliphatic rings. The zero-order chi connectivity index (χ0) is 28.0. The van der Waals surface area contributed by atoms with Crippen molar-refractivity contribution in [3.05, 3.63) is 60.7 Å². The highest BCUT2D eigenvalue weighted by Crippen LogP contribution is 2.73. The van der Waals surface area contributed by atoms with Gasteiger partial charge in [-0.3, -0.25) is 0 Å². The summed E-state index contributed by atoms with van der Waals surface area (Å²) < 4.78 is 21.1. The van der Waals surface area contributed by atoms with Crippen LogP contribution >= 0.6 is 0 Å². The molecule has 6 rings (SSSR count). The molecular formula is C32H44O6Si. The molecule has 7 heteroatoms. The topological polar surface area (TPSA) is 88.4 Å². The van der Waals surface area contributed by atoms with Crippen molar-refractivity contribution in [1.82, 2.24) is 0 Å². The average Bonchev–Trinajstić information content (AvgIpc) is 3.45. The Morgan fingerprint density at radius 3 is 1.79 bits per heavy atom. The molecule has 212 valence electrons. The van der Waals surface area contributed by atoms with E-state index >= 15 is 0 Å². The van der Waals surface area contributed by atoms with Crippen LogP contribution in [0, 0.1) is 16.7 Å². The van der Waals surface area contributed by atoms with E-state index in [4.69, 9.17) is 13.9 Å². The van der Waals surface area contributed by atoms with Crippen LogP contribution < -0.4 is 10.4 Å². The fraction of sp³-hybridized carbons (Fsp3) is 0.625. The number of aliphatic hydroxyl groups excluding tert-OH is 3. The highest BCUT2D eigenvalue weighted by atomic mass is 28.4. The van der Waals surface area contributed by atoms with Gasteiger partial charge in [-0.05, 0) is 39.6 Å². The van der Waals surface area contributed by atoms with Gasteiger partial charge in [-0.2, -0.15) is 0 Å². The highest BCUT2D eigenvalue weighted by molar-refractivity contribution is 6.99. The quantitative estimate of drug-likeness (QED) is 0.505. The fourth-order valence-electron chi connectivity index (χ4n) is 8.48. The van der Waals surface area contributed by atoms with E-state index in [-0.39, 0.29) is 15.9 Å². The van der Waals surface area contributed by atoms with Crippen LogP contribution in [0.5, 0.6) is 0 Å². The van der Waals surface area contributed by atoms with Crippen molar-refractivity contribution in [3.63, 3.8) is 0 Å². The molecule has 1 heterocycles. The Hall–Kier alpha value is -1.58. The van der Waals surface area contributed by atoms with Gasteiger partial charge in [-0.25, -0.2) is 0 Å². The third kappa shape index (κ3) is 3.60. The van der Waals surface area contributed by atoms with Gasteiger partial charge < -0.3 is 29.2 Å². The van der Waals surface area contributed by atoms with E-state index in [0.717, 1.165) is 29.6 Å². The molecule has 1 spiro atoms. The maximum Gasteiger partial charge on any atom is 0.261 e. The van der Waals surface area contributed by atoms with Gasteiger partial charge in [0.1, 0.15) is 36.6 Å². The van der Waals surface area contributed by atoms with Crippen LogP contribution in [-0.2, 0) is 13.9 Å². The molecule has 3 saturated carbocycles. The van der Waals surface area contributed by atoms with Crippen molar-refractivity contribution in [2.24, 2.45) is 16.7 Å². The molecular weight excluding hydrogens is 508 g/mol. The minimum atomic E-state index is -3.09. The minimum absolute atomic E-state index is 0.0109. The van der Waals surface area contributed by atoms with Crippen LogP contribution in [0.1, 0.15) is 60.8 Å². The van der Waals surface area contributed by atoms with Crippen LogP contribution in [0.2, 0.25) is 5.04 Å². The van der Waals surface area contributed by atoms with Crippen molar-refractivity contribution < 1.29 is 29.2 Å². The number of hydrogen-bond acceptors (Lipinski definition) is 6. The first-order valence-corrected chi connectivity index (χ1v) is 16.4. The van der Waals surface area contributed by atoms with Gasteiger partial charge in [-0.15, -0.1) is 0 Å². The van der Waals surface area contributed by atoms with Crippen LogP contribution in [-0.4, -0.2) is 66.0 Å². The second kappa shape index (κ2) is 8.96. The maximum absolute atomic E-state index is 11.6. The van der Waals surface area contributed by atoms with E-state index in [1.807, 2.05) is 36.4 Å². The predicted molar refractivity (Wildman–Crippen MR) is 152 cm³/mol. The zero-order valence-electron chi connectivity index (χ0n) is 24.0. The minimum Gasteiger partial charge on any atom is -0.399 e. The normalized spacial score (nSPS) is 41.2. The summed E-state index contributed by atoms with van der Waals surface area (Å²) in [6.07, 6.45) is -3.55. The van der Waals surface area contributed by atoms with Crippen molar-refractivity contribution in [2.75, 3.05) is 0 Å². The molecule has 3 aliphatic carbocycles. The van der Waals surface area contributed by atoms with Crippen LogP contribution in [0.25, 0.3) is 0 Å². The van der Waals surface area contributed by atoms with Gasteiger partial charge in [0.2, 0.25) is 0 Å². The second-order valence-electron chi connectivity index (χ2n) is 14.1. The number of aliphatic hydroxyl groups is 3. The highest BCUT2D eigenvalue weighted by Gasteiger charge is 2.76. The van der Waals surface area contributed by atoms with Gasteiger partial charge in [0, 0.05) is 11.8 Å². The van der Waals surface area contributed by atoms with Crippen molar-refractivity contribution >= 4 is 18.7 Å². The second-order valence-corrected chi connectivity index (χ2v) is 18.4. The molecule has 1 aliphatic heterocycles. The average molecular weight is 553 g/mol. The first kappa shape index (κ1) is 27.6. The Labute approximate surface area is 233 Å². The third-order valence-corrected chi connectivity index (χ3v) is 16.2. The first-order valence-electron chi connectivity index (χ1n) is 14.5. The molecule has 0 amide bonds. The lowest BCUT2D eigenvalue weighted by Gasteiger charge is -2.50. The van der Waals surface area contributed by atoms with E-state index in [2.05, 4.69) is 65.8 Å². The maximum atomic E-state index is 11.6. The molecule has 2 aromatic rings. The van der Waals surface area contributed by atoms with Crippen molar-refractivity contribution in [2.45, 2.75) is 108 Å². The molecule has 3 unspecified atom stereocenters. The summed E-state index contributed by atoms with van der Waals surface area (Å²) in [6.45, 7) is 13.4. The van der Waals surface area contributed by atoms with Crippen LogP contribution in [0.3, 0.4) is 0 Å². The lowest BCUT2D eigenvalue weighted by atomic mass is 9.68. The smallest absolute Gasteiger partial charge is 0.261 e. The monoisotopic (exact) mass is 552 g/mol. The summed E-state index contributed by atoms with van der Waals surface area (Å²) >= 11 is 0. The van der Waals surface area contributed by atoms with Crippen molar-refractivity contribution in [1.29, 1.82) is 0 Å². The summed E-state index contributed by atoms with van der Waals surface area (Å²) in [6, 6.07) is 20.5. The lowest BCUT2D eigenvalue weighted by molar-refractivity contribution is -0.256. The number of benzene rings is 2. The van der Waals surface area contributed by atoms with E-state index in [1.54, 1.807) is 0 Å². The molecule has 1 saturated heterocycles. The number of rotatable bonds is 4. The predicted octanol–water partition coefficient (Wildman–Crippen LogP) is 3.35. The Kier molecular flexibility index (Phi) is 6.33. The van der Waals surface area contributed by atoms with Gasteiger partial charge in [0.05, 0.1) is 0 Å². The summed E-state index contributed by atoms with van der Waals surface area (Å²) in [5.41, 5.74) is -0.239. The van der Waals surface area contributed by atoms with Crippen LogP contribution in [0.15, 0.2) is 60.7 Å². The van der Waals surface area contributed by atoms with Crippen molar-refractivity contribution in [3.8, 4) is 0 Å². The Balaban J connectivity index is 1.47. The van der Waals surface area contributed by atoms with E-state index < -0.39 is 50.7 Å². The first-order chi connectivity index (χ1) is 18.3. The number of ether oxygens (including phenoxy) is 2. The molecule has 6 nitrogen and oxygen atoms in total. The largest absolute Gasteiger partial charge is 0.399 e. The number of fused-ring (bicyclic) bond motifs is 4. The van der Waals surface area contributed by atoms with Gasteiger partial charge in [0.15, 0.2) is 5.79 Å². The molecule has 39 heavy (non-hydrogen) atoms. The summed E-state index contributed by atoms with van der Waals surface area (Å²) in [7, 11) is -3.09. The summed E-state index contributed by atoms with van der Waals surface area (Å²) in [5.74, 6) is -0.433. The fourth-order valence-corrected chi connectivity index (χ4v) is 13.2.